The van der Waals surface area contributed by atoms with Gasteiger partial charge in [-0.1, -0.05) is 11.6 Å². The summed E-state index contributed by atoms with van der Waals surface area (Å²) in [6.45, 7) is 0. The summed E-state index contributed by atoms with van der Waals surface area (Å²) in [5, 5.41) is 0.391. The lowest BCUT2D eigenvalue weighted by molar-refractivity contribution is 0.934. The zero-order valence-corrected chi connectivity index (χ0v) is 9.80. The van der Waals surface area contributed by atoms with Crippen molar-refractivity contribution >= 4 is 29.2 Å². The highest BCUT2D eigenvalue weighted by atomic mass is 35.5. The molecule has 0 unspecified atom stereocenters. The van der Waals surface area contributed by atoms with Gasteiger partial charge in [-0.2, -0.15) is 0 Å². The second kappa shape index (κ2) is 4.60. The largest absolute Gasteiger partial charge is 0.383 e. The molecule has 2 heterocycles. The van der Waals surface area contributed by atoms with Crippen LogP contribution in [0.2, 0.25) is 5.02 Å². The summed E-state index contributed by atoms with van der Waals surface area (Å²) < 4.78 is 0. The summed E-state index contributed by atoms with van der Waals surface area (Å²) in [6, 6.07) is 1.15. The highest BCUT2D eigenvalue weighted by Gasteiger charge is 2.09. The molecule has 0 radical (unpaired) electrons. The molecule has 88 valence electrons. The molecule has 0 bridgehead atoms. The summed E-state index contributed by atoms with van der Waals surface area (Å²) >= 11 is 6.69. The molecule has 0 saturated heterocycles. The minimum Gasteiger partial charge on any atom is -0.383 e. The van der Waals surface area contributed by atoms with E-state index in [1.54, 1.807) is 0 Å². The molecule has 17 heavy (non-hydrogen) atoms. The number of nitrogens with zero attached hydrogens (tertiary/aromatic N) is 2. The highest BCUT2D eigenvalue weighted by Crippen LogP contribution is 2.25. The van der Waals surface area contributed by atoms with E-state index in [4.69, 9.17) is 17.3 Å². The lowest BCUT2D eigenvalue weighted by Crippen LogP contribution is -2.11. The van der Waals surface area contributed by atoms with E-state index < -0.39 is 5.56 Å². The SMILES string of the molecule is Nc1cc(=O)[nH]c(Sc2nc[nH]c(=O)c2Cl)n1. The number of aromatic nitrogens is 4. The van der Waals surface area contributed by atoms with Crippen LogP contribution in [0.3, 0.4) is 0 Å². The van der Waals surface area contributed by atoms with Crippen LogP contribution in [-0.2, 0) is 0 Å². The van der Waals surface area contributed by atoms with E-state index in [0.29, 0.717) is 0 Å². The predicted octanol–water partition coefficient (Wildman–Crippen LogP) is 0.240. The van der Waals surface area contributed by atoms with Gasteiger partial charge in [0.05, 0.1) is 6.33 Å². The third kappa shape index (κ3) is 2.66. The minimum atomic E-state index is -0.463. The number of halogens is 1. The van der Waals surface area contributed by atoms with Crippen LogP contribution >= 0.6 is 23.4 Å². The summed E-state index contributed by atoms with van der Waals surface area (Å²) in [7, 11) is 0. The summed E-state index contributed by atoms with van der Waals surface area (Å²) in [6.07, 6.45) is 1.21. The van der Waals surface area contributed by atoms with E-state index in [1.165, 1.54) is 6.33 Å². The van der Waals surface area contributed by atoms with Gasteiger partial charge in [0, 0.05) is 6.07 Å². The number of rotatable bonds is 2. The fourth-order valence-electron chi connectivity index (χ4n) is 1.03. The Morgan fingerprint density at radius 2 is 2.18 bits per heavy atom. The Bertz CT molecular complexity index is 667. The van der Waals surface area contributed by atoms with Crippen molar-refractivity contribution in [1.29, 1.82) is 0 Å². The molecule has 0 aliphatic carbocycles. The number of hydrogen-bond acceptors (Lipinski definition) is 6. The average Bonchev–Trinajstić information content (AvgIpc) is 2.23. The van der Waals surface area contributed by atoms with Crippen molar-refractivity contribution < 1.29 is 0 Å². The van der Waals surface area contributed by atoms with Gasteiger partial charge in [0.2, 0.25) is 0 Å². The molecule has 0 aromatic carbocycles. The molecule has 0 fully saturated rings. The number of nitrogen functional groups attached to an aromatic ring is 1. The fraction of sp³-hybridized carbons (Fsp3) is 0. The summed E-state index contributed by atoms with van der Waals surface area (Å²) in [5.41, 5.74) is 4.56. The van der Waals surface area contributed by atoms with Gasteiger partial charge in [0.15, 0.2) is 5.16 Å². The third-order valence-electron chi connectivity index (χ3n) is 1.70. The maximum absolute atomic E-state index is 11.2. The molecular weight excluding hydrogens is 266 g/mol. The normalized spacial score (nSPS) is 10.4. The lowest BCUT2D eigenvalue weighted by atomic mass is 10.6. The van der Waals surface area contributed by atoms with Crippen LogP contribution in [0.1, 0.15) is 0 Å². The molecule has 2 rings (SSSR count). The van der Waals surface area contributed by atoms with E-state index in [0.717, 1.165) is 17.8 Å². The smallest absolute Gasteiger partial charge is 0.270 e. The number of hydrogen-bond donors (Lipinski definition) is 3. The molecule has 7 nitrogen and oxygen atoms in total. The first-order chi connectivity index (χ1) is 8.06. The first-order valence-electron chi connectivity index (χ1n) is 4.34. The van der Waals surface area contributed by atoms with Crippen molar-refractivity contribution in [2.75, 3.05) is 5.73 Å². The molecule has 0 spiro atoms. The zero-order chi connectivity index (χ0) is 12.4. The molecule has 0 saturated carbocycles. The highest BCUT2D eigenvalue weighted by molar-refractivity contribution is 7.99. The van der Waals surface area contributed by atoms with Gasteiger partial charge in [0.1, 0.15) is 15.9 Å². The van der Waals surface area contributed by atoms with Crippen LogP contribution in [0.15, 0.2) is 32.2 Å². The molecule has 0 atom stereocenters. The molecule has 0 aliphatic heterocycles. The predicted molar refractivity (Wildman–Crippen MR) is 63.3 cm³/mol. The Balaban J connectivity index is 2.41. The number of nitrogens with two attached hydrogens (primary N) is 1. The Labute approximate surface area is 103 Å². The standard InChI is InChI=1S/C8H6ClN5O2S/c9-5-6(16)11-2-12-7(5)17-8-13-3(10)1-4(15)14-8/h1-2H,(H,11,12,16)(H3,10,13,14,15). The first-order valence-corrected chi connectivity index (χ1v) is 5.53. The third-order valence-corrected chi connectivity index (χ3v) is 3.05. The molecule has 2 aromatic rings. The van der Waals surface area contributed by atoms with Crippen molar-refractivity contribution in [2.24, 2.45) is 0 Å². The molecule has 4 N–H and O–H groups in total. The average molecular weight is 272 g/mol. The maximum atomic E-state index is 11.2. The van der Waals surface area contributed by atoms with Gasteiger partial charge < -0.3 is 15.7 Å². The van der Waals surface area contributed by atoms with Crippen LogP contribution in [-0.4, -0.2) is 19.9 Å². The van der Waals surface area contributed by atoms with E-state index in [1.807, 2.05) is 0 Å². The lowest BCUT2D eigenvalue weighted by Gasteiger charge is -2.01. The molecule has 9 heteroatoms. The zero-order valence-electron chi connectivity index (χ0n) is 8.23. The number of aromatic amines is 2. The quantitative estimate of drug-likeness (QED) is 0.532. The monoisotopic (exact) mass is 271 g/mol. The number of nitrogens with one attached hydrogen (secondary N) is 2. The fourth-order valence-corrected chi connectivity index (χ4v) is 2.02. The topological polar surface area (TPSA) is 118 Å². The van der Waals surface area contributed by atoms with Gasteiger partial charge in [-0.05, 0) is 11.8 Å². The van der Waals surface area contributed by atoms with Crippen molar-refractivity contribution in [3.05, 3.63) is 38.1 Å². The first kappa shape index (κ1) is 11.7. The van der Waals surface area contributed by atoms with Crippen molar-refractivity contribution in [3.8, 4) is 0 Å². The molecular formula is C8H6ClN5O2S. The Morgan fingerprint density at radius 3 is 2.88 bits per heavy atom. The Morgan fingerprint density at radius 1 is 1.41 bits per heavy atom. The summed E-state index contributed by atoms with van der Waals surface area (Å²) in [5.74, 6) is 0.0808. The van der Waals surface area contributed by atoms with Crippen molar-refractivity contribution in [2.45, 2.75) is 10.2 Å². The molecule has 0 amide bonds. The van der Waals surface area contributed by atoms with Gasteiger partial charge in [-0.25, -0.2) is 9.97 Å². The van der Waals surface area contributed by atoms with E-state index in [9.17, 15) is 9.59 Å². The van der Waals surface area contributed by atoms with Gasteiger partial charge in [-0.15, -0.1) is 0 Å². The Hall–Kier alpha value is -1.80. The van der Waals surface area contributed by atoms with Crippen molar-refractivity contribution in [3.63, 3.8) is 0 Å². The van der Waals surface area contributed by atoms with Crippen molar-refractivity contribution in [1.82, 2.24) is 19.9 Å². The van der Waals surface area contributed by atoms with Crippen LogP contribution in [0.4, 0.5) is 5.82 Å². The van der Waals surface area contributed by atoms with Crippen LogP contribution in [0.5, 0.6) is 0 Å². The minimum absolute atomic E-state index is 0.0671. The second-order valence-corrected chi connectivity index (χ2v) is 4.28. The van der Waals surface area contributed by atoms with Gasteiger partial charge >= 0.3 is 0 Å². The van der Waals surface area contributed by atoms with Crippen LogP contribution < -0.4 is 16.9 Å². The van der Waals surface area contributed by atoms with E-state index >= 15 is 0 Å². The van der Waals surface area contributed by atoms with E-state index in [2.05, 4.69) is 19.9 Å². The molecule has 2 aromatic heterocycles. The Kier molecular flexibility index (Phi) is 3.16. The molecule has 0 aliphatic rings. The van der Waals surface area contributed by atoms with Crippen LogP contribution in [0.25, 0.3) is 0 Å². The van der Waals surface area contributed by atoms with E-state index in [-0.39, 0.29) is 26.6 Å². The number of H-pyrrole nitrogens is 2. The van der Waals surface area contributed by atoms with Crippen LogP contribution in [0, 0.1) is 0 Å². The second-order valence-electron chi connectivity index (χ2n) is 2.93. The van der Waals surface area contributed by atoms with Gasteiger partial charge in [0.25, 0.3) is 11.1 Å². The summed E-state index contributed by atoms with van der Waals surface area (Å²) in [4.78, 5) is 34.9. The number of anilines is 1. The van der Waals surface area contributed by atoms with Gasteiger partial charge in [-0.3, -0.25) is 9.59 Å². The maximum Gasteiger partial charge on any atom is 0.270 e.